The number of nitrogens with zero attached hydrogens (tertiary/aromatic N) is 3. The fourth-order valence-electron chi connectivity index (χ4n) is 4.37. The molecule has 5 rings (SSSR count). The van der Waals surface area contributed by atoms with Crippen LogP contribution >= 0.6 is 0 Å². The molecule has 0 amide bonds. The molecule has 5 nitrogen and oxygen atoms in total. The number of rotatable bonds is 5. The number of hydrogen-bond donors (Lipinski definition) is 1. The Kier molecular flexibility index (Phi) is 4.48. The van der Waals surface area contributed by atoms with Gasteiger partial charge in [-0.3, -0.25) is 0 Å². The molecule has 2 aromatic carbocycles. The number of anilines is 1. The molecule has 0 spiro atoms. The molecule has 2 fully saturated rings. The van der Waals surface area contributed by atoms with E-state index in [2.05, 4.69) is 21.3 Å². The van der Waals surface area contributed by atoms with Gasteiger partial charge in [-0.05, 0) is 31.9 Å². The minimum atomic E-state index is -0.717. The Bertz CT molecular complexity index is 1100. The average molecular weight is 390 g/mol. The third-order valence-electron chi connectivity index (χ3n) is 6.08. The van der Waals surface area contributed by atoms with Gasteiger partial charge in [0.25, 0.3) is 0 Å². The zero-order chi connectivity index (χ0) is 20.0. The third-order valence-corrected chi connectivity index (χ3v) is 6.08. The van der Waals surface area contributed by atoms with Crippen LogP contribution in [-0.4, -0.2) is 31.2 Å². The molecule has 6 heteroatoms. The monoisotopic (exact) mass is 390 g/mol. The Morgan fingerprint density at radius 2 is 2.07 bits per heavy atom. The molecule has 1 saturated carbocycles. The molecule has 0 unspecified atom stereocenters. The van der Waals surface area contributed by atoms with Crippen molar-refractivity contribution in [3.63, 3.8) is 0 Å². The number of likely N-dealkylation sites (N-methyl/N-ethyl adjacent to an activating group) is 1. The molecule has 29 heavy (non-hydrogen) atoms. The second kappa shape index (κ2) is 7.16. The summed E-state index contributed by atoms with van der Waals surface area (Å²) in [6.45, 7) is 0.936. The van der Waals surface area contributed by atoms with E-state index in [0.29, 0.717) is 40.1 Å². The summed E-state index contributed by atoms with van der Waals surface area (Å²) < 4.78 is 20.7. The van der Waals surface area contributed by atoms with Gasteiger partial charge in [-0.2, -0.15) is 5.26 Å². The van der Waals surface area contributed by atoms with Crippen molar-refractivity contribution < 1.29 is 8.81 Å². The lowest BCUT2D eigenvalue weighted by molar-refractivity contribution is 0.485. The summed E-state index contributed by atoms with van der Waals surface area (Å²) >= 11 is 0. The molecule has 0 radical (unpaired) electrons. The number of halogens is 1. The van der Waals surface area contributed by atoms with Crippen LogP contribution in [0.2, 0.25) is 0 Å². The number of hydrogen-bond acceptors (Lipinski definition) is 5. The molecule has 2 aliphatic rings. The molecule has 3 aromatic rings. The van der Waals surface area contributed by atoms with E-state index in [4.69, 9.17) is 4.42 Å². The van der Waals surface area contributed by atoms with Gasteiger partial charge in [0, 0.05) is 36.2 Å². The van der Waals surface area contributed by atoms with Gasteiger partial charge in [0.1, 0.15) is 18.3 Å². The lowest BCUT2D eigenvalue weighted by Gasteiger charge is -2.24. The highest BCUT2D eigenvalue weighted by Crippen LogP contribution is 2.47. The standard InChI is InChI=1S/C23H23FN4O/c1-26-16-9-10-28(13-16)21-19(14-5-3-2-4-6-14)17(11-24)18(12-25)20-22(21)29-23(27-20)15-7-8-15/h2-6,15-16,26H,7-11,13H2,1H3/t16-/m0/s1. The van der Waals surface area contributed by atoms with Gasteiger partial charge in [-0.25, -0.2) is 9.37 Å². The minimum absolute atomic E-state index is 0.296. The molecule has 1 aliphatic carbocycles. The number of aromatic nitrogens is 1. The smallest absolute Gasteiger partial charge is 0.198 e. The van der Waals surface area contributed by atoms with Crippen molar-refractivity contribution in [2.45, 2.75) is 37.9 Å². The van der Waals surface area contributed by atoms with Crippen molar-refractivity contribution in [3.05, 3.63) is 47.3 Å². The number of oxazole rings is 1. The molecule has 1 aromatic heterocycles. The van der Waals surface area contributed by atoms with Gasteiger partial charge >= 0.3 is 0 Å². The molecular formula is C23H23FN4O. The van der Waals surface area contributed by atoms with Gasteiger partial charge in [0.2, 0.25) is 0 Å². The highest BCUT2D eigenvalue weighted by atomic mass is 19.1. The first-order valence-corrected chi connectivity index (χ1v) is 10.2. The van der Waals surface area contributed by atoms with Crippen molar-refractivity contribution >= 4 is 16.8 Å². The van der Waals surface area contributed by atoms with Crippen molar-refractivity contribution in [1.29, 1.82) is 5.26 Å². The molecule has 1 atom stereocenters. The van der Waals surface area contributed by atoms with Crippen LogP contribution in [0.5, 0.6) is 0 Å². The molecule has 1 N–H and O–H groups in total. The zero-order valence-electron chi connectivity index (χ0n) is 16.4. The Hall–Kier alpha value is -2.91. The Labute approximate surface area is 169 Å². The molecular weight excluding hydrogens is 367 g/mol. The van der Waals surface area contributed by atoms with Crippen LogP contribution in [-0.2, 0) is 6.67 Å². The average Bonchev–Trinajstić information content (AvgIpc) is 3.34. The van der Waals surface area contributed by atoms with Gasteiger partial charge in [-0.15, -0.1) is 0 Å². The van der Waals surface area contributed by atoms with Gasteiger partial charge in [0.05, 0.1) is 11.3 Å². The van der Waals surface area contributed by atoms with E-state index in [0.717, 1.165) is 49.2 Å². The molecule has 0 bridgehead atoms. The summed E-state index contributed by atoms with van der Waals surface area (Å²) in [7, 11) is 1.97. The predicted molar refractivity (Wildman–Crippen MR) is 111 cm³/mol. The Morgan fingerprint density at radius 1 is 1.28 bits per heavy atom. The van der Waals surface area contributed by atoms with Crippen molar-refractivity contribution in [2.24, 2.45) is 0 Å². The van der Waals surface area contributed by atoms with E-state index in [-0.39, 0.29) is 0 Å². The fraction of sp³-hybridized carbons (Fsp3) is 0.391. The Morgan fingerprint density at radius 3 is 2.69 bits per heavy atom. The van der Waals surface area contributed by atoms with E-state index in [1.165, 1.54) is 0 Å². The highest BCUT2D eigenvalue weighted by molar-refractivity contribution is 6.02. The van der Waals surface area contributed by atoms with Crippen LogP contribution in [0, 0.1) is 11.3 Å². The van der Waals surface area contributed by atoms with Gasteiger partial charge in [-0.1, -0.05) is 30.3 Å². The van der Waals surface area contributed by atoms with E-state index >= 15 is 0 Å². The van der Waals surface area contributed by atoms with E-state index in [9.17, 15) is 9.65 Å². The second-order valence-corrected chi connectivity index (χ2v) is 7.91. The van der Waals surface area contributed by atoms with Gasteiger partial charge in [0.15, 0.2) is 11.5 Å². The number of fused-ring (bicyclic) bond motifs is 1. The Balaban J connectivity index is 1.84. The number of benzene rings is 2. The van der Waals surface area contributed by atoms with Crippen LogP contribution in [0.1, 0.15) is 42.2 Å². The first-order chi connectivity index (χ1) is 14.2. The topological polar surface area (TPSA) is 65.1 Å². The SMILES string of the molecule is CN[C@H]1CCN(c2c(-c3ccccc3)c(CF)c(C#N)c3nc(C4CC4)oc23)C1. The predicted octanol–water partition coefficient (Wildman–Crippen LogP) is 4.51. The van der Waals surface area contributed by atoms with Crippen LogP contribution in [0.3, 0.4) is 0 Å². The number of alkyl halides is 1. The maximum absolute atomic E-state index is 14.4. The van der Waals surface area contributed by atoms with Crippen LogP contribution < -0.4 is 10.2 Å². The second-order valence-electron chi connectivity index (χ2n) is 7.91. The maximum Gasteiger partial charge on any atom is 0.198 e. The number of nitriles is 1. The summed E-state index contributed by atoms with van der Waals surface area (Å²) in [5, 5.41) is 13.2. The van der Waals surface area contributed by atoms with Crippen LogP contribution in [0.4, 0.5) is 10.1 Å². The fourth-order valence-corrected chi connectivity index (χ4v) is 4.37. The van der Waals surface area contributed by atoms with Crippen molar-refractivity contribution in [3.8, 4) is 17.2 Å². The largest absolute Gasteiger partial charge is 0.438 e. The third kappa shape index (κ3) is 2.97. The quantitative estimate of drug-likeness (QED) is 0.694. The van der Waals surface area contributed by atoms with E-state index < -0.39 is 6.67 Å². The van der Waals surface area contributed by atoms with E-state index in [1.807, 2.05) is 37.4 Å². The minimum Gasteiger partial charge on any atom is -0.438 e. The number of nitrogens with one attached hydrogen (secondary N) is 1. The summed E-state index contributed by atoms with van der Waals surface area (Å²) in [5.41, 5.74) is 4.35. The van der Waals surface area contributed by atoms with Crippen LogP contribution in [0.25, 0.3) is 22.2 Å². The first kappa shape index (κ1) is 18.1. The lowest BCUT2D eigenvalue weighted by Crippen LogP contribution is -2.30. The summed E-state index contributed by atoms with van der Waals surface area (Å²) in [6.07, 6.45) is 3.11. The van der Waals surface area contributed by atoms with E-state index in [1.54, 1.807) is 0 Å². The van der Waals surface area contributed by atoms with Crippen molar-refractivity contribution in [2.75, 3.05) is 25.0 Å². The lowest BCUT2D eigenvalue weighted by atomic mass is 9.92. The molecule has 1 saturated heterocycles. The molecule has 148 valence electrons. The van der Waals surface area contributed by atoms with Crippen LogP contribution in [0.15, 0.2) is 34.7 Å². The molecule has 2 heterocycles. The summed E-state index contributed by atoms with van der Waals surface area (Å²) in [6, 6.07) is 12.3. The zero-order valence-corrected chi connectivity index (χ0v) is 16.4. The summed E-state index contributed by atoms with van der Waals surface area (Å²) in [5.74, 6) is 0.997. The summed E-state index contributed by atoms with van der Waals surface area (Å²) in [4.78, 5) is 6.92. The maximum atomic E-state index is 14.4. The molecule has 1 aliphatic heterocycles. The van der Waals surface area contributed by atoms with Crippen molar-refractivity contribution in [1.82, 2.24) is 10.3 Å². The van der Waals surface area contributed by atoms with Gasteiger partial charge < -0.3 is 14.6 Å². The first-order valence-electron chi connectivity index (χ1n) is 10.2. The normalized spacial score (nSPS) is 19.1. The highest BCUT2D eigenvalue weighted by Gasteiger charge is 2.34.